The van der Waals surface area contributed by atoms with Crippen LogP contribution in [0.2, 0.25) is 0 Å². The van der Waals surface area contributed by atoms with E-state index in [1.807, 2.05) is 20.8 Å². The molecule has 0 saturated heterocycles. The van der Waals surface area contributed by atoms with Gasteiger partial charge in [-0.3, -0.25) is 0 Å². The van der Waals surface area contributed by atoms with Crippen molar-refractivity contribution >= 4 is 5.57 Å². The fourth-order valence-electron chi connectivity index (χ4n) is 4.79. The number of halogens is 1. The third-order valence-electron chi connectivity index (χ3n) is 7.02. The van der Waals surface area contributed by atoms with Crippen molar-refractivity contribution in [2.24, 2.45) is 5.41 Å². The molecule has 4 rings (SSSR count). The lowest BCUT2D eigenvalue weighted by molar-refractivity contribution is 0.396. The standard InChI is InChI=1S/C17H21N.C13H14.C8H14FN/c1-4-9-14(3)18-16(5-2)12-13-17(18)15-10-7-6-8-11-15;1-11-6-5-9-13(10-11)12-7-3-2-4-8-12;1-5-7(6-10-9)8(2,3)4/h4,6-14H,5H2,1-3H3;2-4,7-10H,5-6H2,1H3;5-6,10H,1H2,2-4H3/b;;7-6+/t14-;;/m0../s1. The summed E-state index contributed by atoms with van der Waals surface area (Å²) < 4.78 is 14.0. The fourth-order valence-corrected chi connectivity index (χ4v) is 4.79. The van der Waals surface area contributed by atoms with E-state index in [0.29, 0.717) is 6.04 Å². The van der Waals surface area contributed by atoms with Crippen LogP contribution in [0.3, 0.4) is 0 Å². The van der Waals surface area contributed by atoms with Gasteiger partial charge in [0.2, 0.25) is 0 Å². The van der Waals surface area contributed by atoms with Crippen molar-refractivity contribution in [1.29, 1.82) is 0 Å². The molecule has 2 nitrogen and oxygen atoms in total. The van der Waals surface area contributed by atoms with Crippen molar-refractivity contribution in [3.63, 3.8) is 0 Å². The normalized spacial score (nSPS) is 14.1. The number of hydrogen-bond donors (Lipinski definition) is 1. The fraction of sp³-hybridized carbons (Fsp3) is 0.316. The van der Waals surface area contributed by atoms with E-state index in [0.717, 1.165) is 12.0 Å². The van der Waals surface area contributed by atoms with Crippen LogP contribution in [-0.4, -0.2) is 4.57 Å². The van der Waals surface area contributed by atoms with Crippen LogP contribution >= 0.6 is 0 Å². The number of hydrogen-bond acceptors (Lipinski definition) is 1. The van der Waals surface area contributed by atoms with E-state index in [4.69, 9.17) is 0 Å². The molecule has 0 bridgehead atoms. The molecule has 0 spiro atoms. The average Bonchev–Trinajstić information content (AvgIpc) is 3.42. The molecule has 3 heteroatoms. The van der Waals surface area contributed by atoms with Gasteiger partial charge in [0.25, 0.3) is 0 Å². The summed E-state index contributed by atoms with van der Waals surface area (Å²) in [5, 5.41) is 0. The van der Waals surface area contributed by atoms with Crippen LogP contribution in [-0.2, 0) is 6.42 Å². The highest BCUT2D eigenvalue weighted by atomic mass is 19.2. The number of aryl methyl sites for hydroxylation is 1. The zero-order chi connectivity index (χ0) is 30.3. The molecule has 1 heterocycles. The molecule has 2 aromatic carbocycles. The second-order valence-corrected chi connectivity index (χ2v) is 11.3. The molecule has 0 aliphatic heterocycles. The summed E-state index contributed by atoms with van der Waals surface area (Å²) >= 11 is 0. The van der Waals surface area contributed by atoms with Crippen molar-refractivity contribution in [3.8, 4) is 11.3 Å². The lowest BCUT2D eigenvalue weighted by Gasteiger charge is -2.18. The molecule has 1 aliphatic rings. The Labute approximate surface area is 248 Å². The Hall–Kier alpha value is -3.85. The largest absolute Gasteiger partial charge is 0.338 e. The number of rotatable bonds is 7. The molecule has 1 atom stereocenters. The highest BCUT2D eigenvalue weighted by molar-refractivity contribution is 5.75. The van der Waals surface area contributed by atoms with Crippen LogP contribution in [0, 0.1) is 5.41 Å². The Morgan fingerprint density at radius 1 is 1.00 bits per heavy atom. The summed E-state index contributed by atoms with van der Waals surface area (Å²) in [6.45, 7) is 18.3. The first-order valence-electron chi connectivity index (χ1n) is 14.7. The topological polar surface area (TPSA) is 17.0 Å². The molecule has 1 aliphatic carbocycles. The summed E-state index contributed by atoms with van der Waals surface area (Å²) in [6.07, 6.45) is 15.4. The molecule has 1 aromatic heterocycles. The van der Waals surface area contributed by atoms with Crippen molar-refractivity contribution in [1.82, 2.24) is 10.1 Å². The quantitative estimate of drug-likeness (QED) is 0.175. The highest BCUT2D eigenvalue weighted by Crippen LogP contribution is 2.28. The van der Waals surface area contributed by atoms with E-state index < -0.39 is 0 Å². The molecule has 0 unspecified atom stereocenters. The second-order valence-electron chi connectivity index (χ2n) is 11.3. The van der Waals surface area contributed by atoms with Crippen molar-refractivity contribution in [2.45, 2.75) is 73.8 Å². The smallest absolute Gasteiger partial charge is 0.0490 e. The number of nitrogens with one attached hydrogen (secondary N) is 1. The molecule has 41 heavy (non-hydrogen) atoms. The average molecular weight is 553 g/mol. The van der Waals surface area contributed by atoms with Gasteiger partial charge >= 0.3 is 0 Å². The van der Waals surface area contributed by atoms with Crippen LogP contribution in [0.4, 0.5) is 4.48 Å². The minimum Gasteiger partial charge on any atom is -0.338 e. The number of aromatic nitrogens is 1. The van der Waals surface area contributed by atoms with Crippen LogP contribution in [0.15, 0.2) is 127 Å². The lowest BCUT2D eigenvalue weighted by Crippen LogP contribution is -2.09. The molecule has 0 radical (unpaired) electrons. The van der Waals surface area contributed by atoms with Gasteiger partial charge in [0.15, 0.2) is 0 Å². The summed E-state index contributed by atoms with van der Waals surface area (Å²) in [4.78, 5) is 0. The van der Waals surface area contributed by atoms with Gasteiger partial charge < -0.3 is 4.57 Å². The minimum absolute atomic E-state index is 0.0408. The summed E-state index contributed by atoms with van der Waals surface area (Å²) in [5.74, 6) is 0. The van der Waals surface area contributed by atoms with Crippen LogP contribution in [0.5, 0.6) is 0 Å². The van der Waals surface area contributed by atoms with Crippen LogP contribution < -0.4 is 5.54 Å². The van der Waals surface area contributed by atoms with Gasteiger partial charge in [-0.1, -0.05) is 131 Å². The molecule has 0 amide bonds. The molecule has 0 saturated carbocycles. The van der Waals surface area contributed by atoms with E-state index in [-0.39, 0.29) is 5.41 Å². The van der Waals surface area contributed by atoms with Crippen molar-refractivity contribution < 1.29 is 4.48 Å². The Morgan fingerprint density at radius 3 is 2.07 bits per heavy atom. The van der Waals surface area contributed by atoms with Gasteiger partial charge in [-0.15, -0.1) is 4.48 Å². The third-order valence-corrected chi connectivity index (χ3v) is 7.02. The first-order valence-corrected chi connectivity index (χ1v) is 14.7. The predicted molar refractivity (Wildman–Crippen MR) is 178 cm³/mol. The molecule has 1 N–H and O–H groups in total. The summed E-state index contributed by atoms with van der Waals surface area (Å²) in [7, 11) is 0. The summed E-state index contributed by atoms with van der Waals surface area (Å²) in [5.41, 5.74) is 10.5. The van der Waals surface area contributed by atoms with E-state index in [2.05, 4.69) is 136 Å². The van der Waals surface area contributed by atoms with Gasteiger partial charge in [-0.25, -0.2) is 5.54 Å². The van der Waals surface area contributed by atoms with E-state index in [1.54, 1.807) is 6.08 Å². The Kier molecular flexibility index (Phi) is 13.9. The maximum absolute atomic E-state index is 11.6. The molecular formula is C38H49FN2. The zero-order valence-corrected chi connectivity index (χ0v) is 26.1. The second kappa shape index (κ2) is 17.1. The van der Waals surface area contributed by atoms with E-state index in [1.165, 1.54) is 58.2 Å². The van der Waals surface area contributed by atoms with Crippen LogP contribution in [0.1, 0.15) is 78.6 Å². The molecule has 3 aromatic rings. The lowest BCUT2D eigenvalue weighted by atomic mass is 9.87. The number of nitrogens with zero attached hydrogens (tertiary/aromatic N) is 1. The maximum atomic E-state index is 11.6. The predicted octanol–water partition coefficient (Wildman–Crippen LogP) is 11.2. The van der Waals surface area contributed by atoms with Crippen molar-refractivity contribution in [3.05, 3.63) is 138 Å². The Balaban J connectivity index is 0.000000226. The van der Waals surface area contributed by atoms with Gasteiger partial charge in [-0.2, -0.15) is 0 Å². The van der Waals surface area contributed by atoms with Gasteiger partial charge in [0, 0.05) is 23.6 Å². The Bertz CT molecular complexity index is 1320. The first-order chi connectivity index (χ1) is 19.7. The monoisotopic (exact) mass is 552 g/mol. The summed E-state index contributed by atoms with van der Waals surface area (Å²) in [6, 6.07) is 26.0. The maximum Gasteiger partial charge on any atom is 0.0490 e. The SMILES string of the molecule is C=C/C(=C\NF)C(C)(C)C.CC1=CC(c2ccccc2)=CCC1.CC=C[C@H](C)n1c(CC)ccc1-c1ccccc1. The van der Waals surface area contributed by atoms with Crippen LogP contribution in [0.25, 0.3) is 16.8 Å². The molecular weight excluding hydrogens is 503 g/mol. The molecule has 218 valence electrons. The van der Waals surface area contributed by atoms with E-state index in [9.17, 15) is 4.48 Å². The zero-order valence-electron chi connectivity index (χ0n) is 26.1. The highest BCUT2D eigenvalue weighted by Gasteiger charge is 2.13. The number of benzene rings is 2. The molecule has 0 fully saturated rings. The van der Waals surface area contributed by atoms with Gasteiger partial charge in [0.1, 0.15) is 0 Å². The van der Waals surface area contributed by atoms with E-state index >= 15 is 0 Å². The van der Waals surface area contributed by atoms with Crippen molar-refractivity contribution in [2.75, 3.05) is 0 Å². The number of allylic oxidation sites excluding steroid dienone is 8. The van der Waals surface area contributed by atoms with Gasteiger partial charge in [-0.05, 0) is 79.9 Å². The third kappa shape index (κ3) is 10.6. The minimum atomic E-state index is -0.0408. The first kappa shape index (κ1) is 33.4. The Morgan fingerprint density at radius 2 is 1.61 bits per heavy atom. The van der Waals surface area contributed by atoms with Gasteiger partial charge in [0.05, 0.1) is 0 Å².